The third-order valence-corrected chi connectivity index (χ3v) is 5.82. The molecule has 2 aliphatic heterocycles. The predicted octanol–water partition coefficient (Wildman–Crippen LogP) is 1.24. The Morgan fingerprint density at radius 3 is 2.68 bits per heavy atom. The summed E-state index contributed by atoms with van der Waals surface area (Å²) in [5.74, 6) is 0.559. The van der Waals surface area contributed by atoms with Gasteiger partial charge in [-0.25, -0.2) is 0 Å². The minimum absolute atomic E-state index is 0.0198. The van der Waals surface area contributed by atoms with Gasteiger partial charge in [-0.3, -0.25) is 9.69 Å². The second-order valence-corrected chi connectivity index (χ2v) is 7.44. The van der Waals surface area contributed by atoms with Crippen LogP contribution in [-0.4, -0.2) is 77.5 Å². The van der Waals surface area contributed by atoms with Crippen molar-refractivity contribution >= 4 is 5.91 Å². The van der Waals surface area contributed by atoms with Gasteiger partial charge < -0.3 is 19.3 Å². The summed E-state index contributed by atoms with van der Waals surface area (Å²) in [5.41, 5.74) is 0.910. The van der Waals surface area contributed by atoms with E-state index >= 15 is 0 Å². The molecule has 1 aromatic heterocycles. The molecule has 0 bridgehead atoms. The molecule has 2 saturated heterocycles. The Labute approximate surface area is 147 Å². The number of β-amino-alcohol motifs (C(OH)–C–C–N with tert-alkyl or cyclic N) is 1. The van der Waals surface area contributed by atoms with Crippen LogP contribution in [-0.2, 0) is 4.74 Å². The summed E-state index contributed by atoms with van der Waals surface area (Å²) < 4.78 is 10.7. The lowest BCUT2D eigenvalue weighted by atomic mass is 9.87. The van der Waals surface area contributed by atoms with Crippen molar-refractivity contribution in [3.8, 4) is 0 Å². The molecule has 138 valence electrons. The van der Waals surface area contributed by atoms with Gasteiger partial charge in [-0.1, -0.05) is 24.4 Å². The molecule has 1 N–H and O–H groups in total. The number of morpholine rings is 1. The largest absolute Gasteiger partial charge is 0.390 e. The van der Waals surface area contributed by atoms with E-state index in [4.69, 9.17) is 9.26 Å². The van der Waals surface area contributed by atoms with Crippen molar-refractivity contribution in [3.63, 3.8) is 0 Å². The number of aliphatic hydroxyl groups is 1. The topological polar surface area (TPSA) is 79.0 Å². The van der Waals surface area contributed by atoms with E-state index < -0.39 is 6.10 Å². The van der Waals surface area contributed by atoms with E-state index in [1.807, 2.05) is 6.07 Å². The maximum Gasteiger partial charge on any atom is 0.292 e. The third-order valence-electron chi connectivity index (χ3n) is 5.82. The molecular weight excluding hydrogens is 322 g/mol. The molecule has 2 atom stereocenters. The Morgan fingerprint density at radius 1 is 1.16 bits per heavy atom. The van der Waals surface area contributed by atoms with Gasteiger partial charge in [0.15, 0.2) is 0 Å². The number of hydrogen-bond acceptors (Lipinski definition) is 6. The zero-order chi connectivity index (χ0) is 17.2. The second-order valence-electron chi connectivity index (χ2n) is 7.44. The average molecular weight is 349 g/mol. The predicted molar refractivity (Wildman–Crippen MR) is 90.4 cm³/mol. The van der Waals surface area contributed by atoms with Crippen molar-refractivity contribution in [2.24, 2.45) is 0 Å². The van der Waals surface area contributed by atoms with E-state index in [-0.39, 0.29) is 11.9 Å². The van der Waals surface area contributed by atoms with E-state index in [0.717, 1.165) is 31.6 Å². The zero-order valence-corrected chi connectivity index (χ0v) is 14.6. The Hall–Kier alpha value is -1.44. The number of hydrogen-bond donors (Lipinski definition) is 1. The molecule has 3 fully saturated rings. The van der Waals surface area contributed by atoms with E-state index in [1.54, 1.807) is 4.90 Å². The summed E-state index contributed by atoms with van der Waals surface area (Å²) >= 11 is 0. The summed E-state index contributed by atoms with van der Waals surface area (Å²) in [7, 11) is 0. The molecule has 3 heterocycles. The Kier molecular flexibility index (Phi) is 5.05. The summed E-state index contributed by atoms with van der Waals surface area (Å²) in [6.07, 6.45) is 5.46. The van der Waals surface area contributed by atoms with Gasteiger partial charge in [0.2, 0.25) is 5.76 Å². The molecule has 1 saturated carbocycles. The number of ether oxygens (including phenoxy) is 1. The maximum absolute atomic E-state index is 12.8. The first-order valence-corrected chi connectivity index (χ1v) is 9.48. The van der Waals surface area contributed by atoms with Gasteiger partial charge in [0.25, 0.3) is 5.91 Å². The molecule has 4 rings (SSSR count). The highest BCUT2D eigenvalue weighted by molar-refractivity contribution is 5.91. The highest BCUT2D eigenvalue weighted by Gasteiger charge is 2.39. The van der Waals surface area contributed by atoms with Crippen LogP contribution in [0.25, 0.3) is 0 Å². The summed E-state index contributed by atoms with van der Waals surface area (Å²) in [5, 5.41) is 14.5. The van der Waals surface area contributed by atoms with Crippen molar-refractivity contribution < 1.29 is 19.2 Å². The van der Waals surface area contributed by atoms with E-state index in [2.05, 4.69) is 10.1 Å². The van der Waals surface area contributed by atoms with Crippen molar-refractivity contribution in [3.05, 3.63) is 17.5 Å². The number of aliphatic hydroxyl groups excluding tert-OH is 1. The van der Waals surface area contributed by atoms with Crippen LogP contribution in [0, 0.1) is 0 Å². The molecule has 0 spiro atoms. The van der Waals surface area contributed by atoms with Crippen LogP contribution in [0.15, 0.2) is 10.6 Å². The van der Waals surface area contributed by atoms with Gasteiger partial charge in [0.1, 0.15) is 0 Å². The second kappa shape index (κ2) is 7.43. The highest BCUT2D eigenvalue weighted by atomic mass is 16.5. The number of nitrogens with zero attached hydrogens (tertiary/aromatic N) is 3. The molecule has 0 aromatic carbocycles. The summed E-state index contributed by atoms with van der Waals surface area (Å²) in [6.45, 7) is 3.85. The van der Waals surface area contributed by atoms with Crippen LogP contribution in [0.3, 0.4) is 0 Å². The van der Waals surface area contributed by atoms with Crippen LogP contribution >= 0.6 is 0 Å². The quantitative estimate of drug-likeness (QED) is 0.884. The fraction of sp³-hybridized carbons (Fsp3) is 0.778. The van der Waals surface area contributed by atoms with Crippen LogP contribution < -0.4 is 0 Å². The first kappa shape index (κ1) is 17.0. The first-order chi connectivity index (χ1) is 12.2. The van der Waals surface area contributed by atoms with Crippen molar-refractivity contribution in [1.82, 2.24) is 15.0 Å². The Bertz CT molecular complexity index is 593. The molecule has 1 aromatic rings. The normalized spacial score (nSPS) is 29.2. The number of carbonyl (C=O) groups excluding carboxylic acids is 1. The lowest BCUT2D eigenvalue weighted by molar-refractivity contribution is -0.00612. The number of rotatable bonds is 3. The Morgan fingerprint density at radius 2 is 1.92 bits per heavy atom. The summed E-state index contributed by atoms with van der Waals surface area (Å²) in [4.78, 5) is 16.7. The fourth-order valence-electron chi connectivity index (χ4n) is 4.34. The molecule has 7 heteroatoms. The third kappa shape index (κ3) is 3.59. The molecule has 0 unspecified atom stereocenters. The lowest BCUT2D eigenvalue weighted by Gasteiger charge is -2.33. The number of amides is 1. The van der Waals surface area contributed by atoms with Crippen LogP contribution in [0.4, 0.5) is 0 Å². The van der Waals surface area contributed by atoms with Gasteiger partial charge in [-0.15, -0.1) is 0 Å². The molecule has 0 radical (unpaired) electrons. The maximum atomic E-state index is 12.8. The molecule has 7 nitrogen and oxygen atoms in total. The highest BCUT2D eigenvalue weighted by Crippen LogP contribution is 2.32. The smallest absolute Gasteiger partial charge is 0.292 e. The van der Waals surface area contributed by atoms with Crippen molar-refractivity contribution in [1.29, 1.82) is 0 Å². The summed E-state index contributed by atoms with van der Waals surface area (Å²) in [6, 6.07) is 1.79. The van der Waals surface area contributed by atoms with E-state index in [1.165, 1.54) is 19.3 Å². The molecular formula is C18H27N3O4. The van der Waals surface area contributed by atoms with Gasteiger partial charge in [-0.05, 0) is 12.8 Å². The van der Waals surface area contributed by atoms with Gasteiger partial charge in [0.05, 0.1) is 31.1 Å². The van der Waals surface area contributed by atoms with Crippen LogP contribution in [0.1, 0.15) is 54.3 Å². The minimum Gasteiger partial charge on any atom is -0.390 e. The SMILES string of the molecule is O=C(c1cc(C2CCCCC2)no1)N1C[C@@H](O)[C@H](N2CCOCC2)C1. The fourth-order valence-corrected chi connectivity index (χ4v) is 4.34. The molecule has 1 aliphatic carbocycles. The van der Waals surface area contributed by atoms with E-state index in [9.17, 15) is 9.90 Å². The van der Waals surface area contributed by atoms with Gasteiger partial charge in [-0.2, -0.15) is 0 Å². The van der Waals surface area contributed by atoms with Crippen LogP contribution in [0.5, 0.6) is 0 Å². The van der Waals surface area contributed by atoms with Crippen molar-refractivity contribution in [2.75, 3.05) is 39.4 Å². The minimum atomic E-state index is -0.525. The number of carbonyl (C=O) groups is 1. The van der Waals surface area contributed by atoms with Gasteiger partial charge in [0, 0.05) is 38.2 Å². The zero-order valence-electron chi connectivity index (χ0n) is 14.6. The van der Waals surface area contributed by atoms with E-state index in [0.29, 0.717) is 38.0 Å². The molecule has 3 aliphatic rings. The van der Waals surface area contributed by atoms with Crippen LogP contribution in [0.2, 0.25) is 0 Å². The first-order valence-electron chi connectivity index (χ1n) is 9.48. The lowest BCUT2D eigenvalue weighted by Crippen LogP contribution is -2.49. The number of aromatic nitrogens is 1. The average Bonchev–Trinajstić information content (AvgIpc) is 3.30. The van der Waals surface area contributed by atoms with Gasteiger partial charge >= 0.3 is 0 Å². The Balaban J connectivity index is 1.40. The molecule has 25 heavy (non-hydrogen) atoms. The monoisotopic (exact) mass is 349 g/mol. The molecule has 1 amide bonds. The standard InChI is InChI=1S/C18H27N3O4/c22-16-12-21(11-15(16)20-6-8-24-9-7-20)18(23)17-10-14(19-25-17)13-4-2-1-3-5-13/h10,13,15-16,22H,1-9,11-12H2/t15-,16-/m1/s1. The number of likely N-dealkylation sites (tertiary alicyclic amines) is 1. The van der Waals surface area contributed by atoms with Crippen molar-refractivity contribution in [2.45, 2.75) is 50.2 Å².